The Bertz CT molecular complexity index is 469. The molecule has 0 amide bonds. The fourth-order valence-corrected chi connectivity index (χ4v) is 4.19. The van der Waals surface area contributed by atoms with E-state index >= 15 is 0 Å². The minimum Gasteiger partial charge on any atom is -0.302 e. The molecule has 1 aromatic rings. The molecule has 3 nitrogen and oxygen atoms in total. The van der Waals surface area contributed by atoms with Gasteiger partial charge in [0.1, 0.15) is 0 Å². The maximum atomic E-state index is 12.2. The molecule has 17 heavy (non-hydrogen) atoms. The van der Waals surface area contributed by atoms with E-state index in [1.807, 2.05) is 13.1 Å². The molecule has 1 aliphatic heterocycles. The second-order valence-electron chi connectivity index (χ2n) is 5.03. The van der Waals surface area contributed by atoms with E-state index in [1.54, 1.807) is 24.3 Å². The van der Waals surface area contributed by atoms with Gasteiger partial charge in [0.05, 0.1) is 10.6 Å². The predicted molar refractivity (Wildman–Crippen MR) is 68.7 cm³/mol. The van der Waals surface area contributed by atoms with Crippen molar-refractivity contribution >= 4 is 9.84 Å². The van der Waals surface area contributed by atoms with Gasteiger partial charge in [-0.15, -0.1) is 0 Å². The highest BCUT2D eigenvalue weighted by Gasteiger charge is 2.31. The van der Waals surface area contributed by atoms with E-state index in [-0.39, 0.29) is 11.8 Å². The summed E-state index contributed by atoms with van der Waals surface area (Å²) in [7, 11) is -1.13. The molecule has 0 spiro atoms. The Morgan fingerprint density at radius 3 is 2.47 bits per heavy atom. The molecule has 1 aliphatic rings. The highest BCUT2D eigenvalue weighted by molar-refractivity contribution is 7.91. The van der Waals surface area contributed by atoms with Crippen LogP contribution in [0.25, 0.3) is 0 Å². The fourth-order valence-electron chi connectivity index (χ4n) is 2.53. The first kappa shape index (κ1) is 12.6. The van der Waals surface area contributed by atoms with Gasteiger partial charge in [-0.05, 0) is 31.5 Å². The molecular formula is C13H19NO2S. The molecule has 1 saturated heterocycles. The maximum Gasteiger partial charge on any atom is 0.179 e. The van der Waals surface area contributed by atoms with Gasteiger partial charge in [0.15, 0.2) is 9.84 Å². The Labute approximate surface area is 103 Å². The Kier molecular flexibility index (Phi) is 3.54. The normalized spacial score (nSPS) is 26.2. The summed E-state index contributed by atoms with van der Waals surface area (Å²) in [5.41, 5.74) is 0. The second-order valence-corrected chi connectivity index (χ2v) is 7.06. The van der Waals surface area contributed by atoms with Crippen molar-refractivity contribution in [2.24, 2.45) is 5.92 Å². The summed E-state index contributed by atoms with van der Waals surface area (Å²) in [5, 5.41) is 0. The van der Waals surface area contributed by atoms with Gasteiger partial charge in [0.25, 0.3) is 0 Å². The molecule has 1 heterocycles. The van der Waals surface area contributed by atoms with Crippen molar-refractivity contribution in [3.63, 3.8) is 0 Å². The molecule has 0 N–H and O–H groups in total. The Hall–Kier alpha value is -0.870. The van der Waals surface area contributed by atoms with Gasteiger partial charge < -0.3 is 4.90 Å². The van der Waals surface area contributed by atoms with Gasteiger partial charge in [0.2, 0.25) is 0 Å². The molecule has 2 unspecified atom stereocenters. The number of nitrogens with zero attached hydrogens (tertiary/aromatic N) is 1. The van der Waals surface area contributed by atoms with Crippen molar-refractivity contribution < 1.29 is 8.42 Å². The molecule has 94 valence electrons. The molecule has 4 heteroatoms. The first-order valence-corrected chi connectivity index (χ1v) is 7.62. The summed E-state index contributed by atoms with van der Waals surface area (Å²) < 4.78 is 24.4. The molecule has 0 bridgehead atoms. The third-order valence-electron chi connectivity index (χ3n) is 3.41. The van der Waals surface area contributed by atoms with Crippen molar-refractivity contribution in [2.75, 3.05) is 19.3 Å². The Morgan fingerprint density at radius 2 is 1.94 bits per heavy atom. The fraction of sp³-hybridized carbons (Fsp3) is 0.538. The first-order chi connectivity index (χ1) is 7.99. The van der Waals surface area contributed by atoms with Gasteiger partial charge >= 0.3 is 0 Å². The van der Waals surface area contributed by atoms with Gasteiger partial charge in [0, 0.05) is 12.6 Å². The van der Waals surface area contributed by atoms with E-state index < -0.39 is 9.84 Å². The van der Waals surface area contributed by atoms with Crippen molar-refractivity contribution in [1.82, 2.24) is 4.90 Å². The molecule has 0 aliphatic carbocycles. The Morgan fingerprint density at radius 1 is 1.29 bits per heavy atom. The van der Waals surface area contributed by atoms with Crippen LogP contribution in [0.5, 0.6) is 0 Å². The van der Waals surface area contributed by atoms with Crippen molar-refractivity contribution in [3.05, 3.63) is 30.3 Å². The summed E-state index contributed by atoms with van der Waals surface area (Å²) in [4.78, 5) is 2.60. The van der Waals surface area contributed by atoms with E-state index in [4.69, 9.17) is 0 Å². The highest BCUT2D eigenvalue weighted by atomic mass is 32.2. The van der Waals surface area contributed by atoms with E-state index in [1.165, 1.54) is 0 Å². The average Bonchev–Trinajstić information content (AvgIpc) is 2.58. The maximum absolute atomic E-state index is 12.2. The monoisotopic (exact) mass is 253 g/mol. The number of likely N-dealkylation sites (tertiary alicyclic amines) is 1. The summed E-state index contributed by atoms with van der Waals surface area (Å²) in [6, 6.07) is 8.89. The van der Waals surface area contributed by atoms with E-state index in [2.05, 4.69) is 11.8 Å². The standard InChI is InChI=1S/C13H19NO2S/c1-11-8-12(14(2)9-11)10-17(15,16)13-6-4-3-5-7-13/h3-7,11-12H,8-10H2,1-2H3. The minimum absolute atomic E-state index is 0.162. The lowest BCUT2D eigenvalue weighted by atomic mass is 10.1. The van der Waals surface area contributed by atoms with Crippen LogP contribution < -0.4 is 0 Å². The Balaban J connectivity index is 2.14. The zero-order chi connectivity index (χ0) is 12.5. The molecule has 0 radical (unpaired) electrons. The molecule has 1 aromatic carbocycles. The second kappa shape index (κ2) is 4.78. The van der Waals surface area contributed by atoms with Gasteiger partial charge in [-0.3, -0.25) is 0 Å². The smallest absolute Gasteiger partial charge is 0.179 e. The van der Waals surface area contributed by atoms with Crippen LogP contribution in [0.2, 0.25) is 0 Å². The number of rotatable bonds is 3. The quantitative estimate of drug-likeness (QED) is 0.824. The van der Waals surface area contributed by atoms with Crippen LogP contribution in [0.4, 0.5) is 0 Å². The lowest BCUT2D eigenvalue weighted by Gasteiger charge is -2.19. The zero-order valence-electron chi connectivity index (χ0n) is 10.3. The van der Waals surface area contributed by atoms with Gasteiger partial charge in [-0.25, -0.2) is 8.42 Å². The summed E-state index contributed by atoms with van der Waals surface area (Å²) in [6.07, 6.45) is 0.975. The van der Waals surface area contributed by atoms with E-state index in [9.17, 15) is 8.42 Å². The lowest BCUT2D eigenvalue weighted by molar-refractivity contribution is 0.327. The topological polar surface area (TPSA) is 37.4 Å². The number of hydrogen-bond donors (Lipinski definition) is 0. The largest absolute Gasteiger partial charge is 0.302 e. The van der Waals surface area contributed by atoms with E-state index in [0.29, 0.717) is 10.8 Å². The van der Waals surface area contributed by atoms with Crippen molar-refractivity contribution in [1.29, 1.82) is 0 Å². The van der Waals surface area contributed by atoms with Gasteiger partial charge in [-0.2, -0.15) is 0 Å². The highest BCUT2D eigenvalue weighted by Crippen LogP contribution is 2.24. The van der Waals surface area contributed by atoms with Crippen LogP contribution in [-0.4, -0.2) is 38.7 Å². The predicted octanol–water partition coefficient (Wildman–Crippen LogP) is 1.80. The molecule has 0 aromatic heterocycles. The van der Waals surface area contributed by atoms with Crippen LogP contribution in [0, 0.1) is 5.92 Å². The van der Waals surface area contributed by atoms with Crippen LogP contribution >= 0.6 is 0 Å². The molecule has 1 fully saturated rings. The number of sulfone groups is 1. The van der Waals surface area contributed by atoms with Gasteiger partial charge in [-0.1, -0.05) is 25.1 Å². The SMILES string of the molecule is CC1CC(CS(=O)(=O)c2ccccc2)N(C)C1. The number of benzene rings is 1. The number of hydrogen-bond acceptors (Lipinski definition) is 3. The minimum atomic E-state index is -3.14. The van der Waals surface area contributed by atoms with Crippen LogP contribution in [0.15, 0.2) is 35.2 Å². The van der Waals surface area contributed by atoms with Crippen molar-refractivity contribution in [3.8, 4) is 0 Å². The summed E-state index contributed by atoms with van der Waals surface area (Å²) in [5.74, 6) is 0.827. The van der Waals surface area contributed by atoms with Crippen LogP contribution in [0.3, 0.4) is 0 Å². The molecule has 2 rings (SSSR count). The third-order valence-corrected chi connectivity index (χ3v) is 5.23. The average molecular weight is 253 g/mol. The lowest BCUT2D eigenvalue weighted by Crippen LogP contribution is -2.32. The molecule has 0 saturated carbocycles. The summed E-state index contributed by atoms with van der Waals surface area (Å²) >= 11 is 0. The molecule has 2 atom stereocenters. The van der Waals surface area contributed by atoms with E-state index in [0.717, 1.165) is 13.0 Å². The third kappa shape index (κ3) is 2.87. The van der Waals surface area contributed by atoms with Crippen LogP contribution in [-0.2, 0) is 9.84 Å². The molecular weight excluding hydrogens is 234 g/mol. The summed E-state index contributed by atoms with van der Waals surface area (Å²) in [6.45, 7) is 3.17. The zero-order valence-corrected chi connectivity index (χ0v) is 11.2. The van der Waals surface area contributed by atoms with Crippen molar-refractivity contribution in [2.45, 2.75) is 24.3 Å². The van der Waals surface area contributed by atoms with Crippen LogP contribution in [0.1, 0.15) is 13.3 Å². The first-order valence-electron chi connectivity index (χ1n) is 5.97.